The quantitative estimate of drug-likeness (QED) is 0.835. The molecular formula is C22H23N3O4. The summed E-state index contributed by atoms with van der Waals surface area (Å²) < 4.78 is 0. The molecule has 7 heteroatoms. The van der Waals surface area contributed by atoms with E-state index >= 15 is 0 Å². The standard InChI is InChI=1S/C22H23N3O4/c26-17-5-3-4-15(13-17)12-16-8-10-24(14-16)21(28)18-6-1-2-7-19(18)25-11-9-20(27)23-22(25)29/h1-7,13,16,26H,8-12,14H2,(H,23,27,29). The monoisotopic (exact) mass is 393 g/mol. The maximum atomic E-state index is 13.2. The number of anilines is 1. The van der Waals surface area contributed by atoms with Crippen LogP contribution in [0.5, 0.6) is 5.75 Å². The Hall–Kier alpha value is -3.35. The van der Waals surface area contributed by atoms with Gasteiger partial charge in [0.15, 0.2) is 0 Å². The predicted molar refractivity (Wildman–Crippen MR) is 108 cm³/mol. The molecule has 2 heterocycles. The maximum absolute atomic E-state index is 13.2. The first-order chi connectivity index (χ1) is 14.0. The van der Waals surface area contributed by atoms with Gasteiger partial charge in [-0.25, -0.2) is 4.79 Å². The van der Waals surface area contributed by atoms with Gasteiger partial charge < -0.3 is 10.0 Å². The lowest BCUT2D eigenvalue weighted by atomic mass is 9.98. The molecular weight excluding hydrogens is 370 g/mol. The van der Waals surface area contributed by atoms with Crippen molar-refractivity contribution < 1.29 is 19.5 Å². The summed E-state index contributed by atoms with van der Waals surface area (Å²) in [6.45, 7) is 1.55. The molecule has 2 N–H and O–H groups in total. The summed E-state index contributed by atoms with van der Waals surface area (Å²) in [6, 6.07) is 13.7. The van der Waals surface area contributed by atoms with E-state index in [9.17, 15) is 19.5 Å². The Morgan fingerprint density at radius 1 is 1.10 bits per heavy atom. The number of carbonyl (C=O) groups is 3. The summed E-state index contributed by atoms with van der Waals surface area (Å²) in [7, 11) is 0. The van der Waals surface area contributed by atoms with Crippen LogP contribution < -0.4 is 10.2 Å². The number of nitrogens with zero attached hydrogens (tertiary/aromatic N) is 2. The Bertz CT molecular complexity index is 959. The van der Waals surface area contributed by atoms with Crippen molar-refractivity contribution in [2.24, 2.45) is 5.92 Å². The van der Waals surface area contributed by atoms with Gasteiger partial charge in [-0.2, -0.15) is 0 Å². The van der Waals surface area contributed by atoms with Crippen molar-refractivity contribution in [1.82, 2.24) is 10.2 Å². The van der Waals surface area contributed by atoms with E-state index in [4.69, 9.17) is 0 Å². The summed E-state index contributed by atoms with van der Waals surface area (Å²) in [5, 5.41) is 12.0. The van der Waals surface area contributed by atoms with Gasteiger partial charge in [0, 0.05) is 26.1 Å². The van der Waals surface area contributed by atoms with Gasteiger partial charge in [0.05, 0.1) is 11.3 Å². The highest BCUT2D eigenvalue weighted by Crippen LogP contribution is 2.28. The van der Waals surface area contributed by atoms with Crippen molar-refractivity contribution >= 4 is 23.5 Å². The fraction of sp³-hybridized carbons (Fsp3) is 0.318. The number of phenolic OH excluding ortho intramolecular Hbond substituents is 1. The molecule has 7 nitrogen and oxygen atoms in total. The third-order valence-corrected chi connectivity index (χ3v) is 5.49. The molecule has 29 heavy (non-hydrogen) atoms. The smallest absolute Gasteiger partial charge is 0.328 e. The molecule has 0 saturated carbocycles. The number of hydrogen-bond donors (Lipinski definition) is 2. The van der Waals surface area contributed by atoms with Crippen LogP contribution in [0.1, 0.15) is 28.8 Å². The zero-order chi connectivity index (χ0) is 20.4. The minimum absolute atomic E-state index is 0.108. The van der Waals surface area contributed by atoms with Gasteiger partial charge in [-0.05, 0) is 48.6 Å². The SMILES string of the molecule is O=C1CCN(c2ccccc2C(=O)N2CCC(Cc3cccc(O)c3)C2)C(=O)N1. The maximum Gasteiger partial charge on any atom is 0.328 e. The number of phenols is 1. The molecule has 4 rings (SSSR count). The summed E-state index contributed by atoms with van der Waals surface area (Å²) in [4.78, 5) is 40.1. The molecule has 2 aliphatic rings. The lowest BCUT2D eigenvalue weighted by molar-refractivity contribution is -0.120. The van der Waals surface area contributed by atoms with Crippen molar-refractivity contribution in [2.45, 2.75) is 19.3 Å². The number of nitrogens with one attached hydrogen (secondary N) is 1. The van der Waals surface area contributed by atoms with E-state index < -0.39 is 6.03 Å². The Morgan fingerprint density at radius 2 is 1.93 bits per heavy atom. The first-order valence-electron chi connectivity index (χ1n) is 9.79. The van der Waals surface area contributed by atoms with Gasteiger partial charge in [0.25, 0.3) is 5.91 Å². The molecule has 1 unspecified atom stereocenters. The van der Waals surface area contributed by atoms with Crippen LogP contribution >= 0.6 is 0 Å². The molecule has 2 fully saturated rings. The van der Waals surface area contributed by atoms with Crippen LogP contribution in [-0.4, -0.2) is 47.5 Å². The van der Waals surface area contributed by atoms with E-state index in [-0.39, 0.29) is 30.5 Å². The van der Waals surface area contributed by atoms with Crippen LogP contribution in [0.3, 0.4) is 0 Å². The molecule has 2 saturated heterocycles. The van der Waals surface area contributed by atoms with Crippen LogP contribution in [0.4, 0.5) is 10.5 Å². The molecule has 2 aromatic carbocycles. The summed E-state index contributed by atoms with van der Waals surface area (Å²) in [6.07, 6.45) is 1.91. The van der Waals surface area contributed by atoms with E-state index in [1.54, 1.807) is 36.4 Å². The lowest BCUT2D eigenvalue weighted by Gasteiger charge is -2.29. The third-order valence-electron chi connectivity index (χ3n) is 5.49. The topological polar surface area (TPSA) is 90.0 Å². The summed E-state index contributed by atoms with van der Waals surface area (Å²) >= 11 is 0. The van der Waals surface area contributed by atoms with Crippen molar-refractivity contribution in [3.63, 3.8) is 0 Å². The number of likely N-dealkylation sites (tertiary alicyclic amines) is 1. The van der Waals surface area contributed by atoms with E-state index in [0.29, 0.717) is 30.3 Å². The van der Waals surface area contributed by atoms with Gasteiger partial charge in [-0.1, -0.05) is 24.3 Å². The average Bonchev–Trinajstić information content (AvgIpc) is 3.16. The number of imide groups is 1. The molecule has 0 radical (unpaired) electrons. The molecule has 0 spiro atoms. The minimum atomic E-state index is -0.496. The first-order valence-corrected chi connectivity index (χ1v) is 9.79. The number of hydrogen-bond acceptors (Lipinski definition) is 4. The average molecular weight is 393 g/mol. The molecule has 0 bridgehead atoms. The van der Waals surface area contributed by atoms with Crippen molar-refractivity contribution in [2.75, 3.05) is 24.5 Å². The fourth-order valence-corrected chi connectivity index (χ4v) is 4.05. The van der Waals surface area contributed by atoms with Crippen molar-refractivity contribution in [3.05, 3.63) is 59.7 Å². The second kappa shape index (κ2) is 7.95. The molecule has 150 valence electrons. The largest absolute Gasteiger partial charge is 0.508 e. The number of benzene rings is 2. The van der Waals surface area contributed by atoms with Crippen LogP contribution in [0, 0.1) is 5.92 Å². The van der Waals surface area contributed by atoms with Crippen molar-refractivity contribution in [3.8, 4) is 5.75 Å². The van der Waals surface area contributed by atoms with E-state index in [1.165, 1.54) is 4.90 Å². The number of rotatable bonds is 4. The zero-order valence-electron chi connectivity index (χ0n) is 16.0. The highest BCUT2D eigenvalue weighted by atomic mass is 16.3. The first kappa shape index (κ1) is 19.0. The Labute approximate surface area is 168 Å². The Morgan fingerprint density at radius 3 is 2.72 bits per heavy atom. The minimum Gasteiger partial charge on any atom is -0.508 e. The van der Waals surface area contributed by atoms with E-state index in [0.717, 1.165) is 18.4 Å². The molecule has 0 aliphatic carbocycles. The van der Waals surface area contributed by atoms with E-state index in [2.05, 4.69) is 5.32 Å². The van der Waals surface area contributed by atoms with Crippen LogP contribution in [-0.2, 0) is 11.2 Å². The molecule has 0 aromatic heterocycles. The molecule has 2 aromatic rings. The van der Waals surface area contributed by atoms with Gasteiger partial charge in [-0.3, -0.25) is 19.8 Å². The lowest BCUT2D eigenvalue weighted by Crippen LogP contribution is -2.50. The Balaban J connectivity index is 1.48. The highest BCUT2D eigenvalue weighted by Gasteiger charge is 2.31. The fourth-order valence-electron chi connectivity index (χ4n) is 4.05. The third kappa shape index (κ3) is 4.08. The normalized spacial score (nSPS) is 19.4. The summed E-state index contributed by atoms with van der Waals surface area (Å²) in [5.74, 6) is 0.164. The summed E-state index contributed by atoms with van der Waals surface area (Å²) in [5.41, 5.74) is 2.05. The van der Waals surface area contributed by atoms with E-state index in [1.807, 2.05) is 17.0 Å². The van der Waals surface area contributed by atoms with Gasteiger partial charge in [-0.15, -0.1) is 0 Å². The van der Waals surface area contributed by atoms with Crippen LogP contribution in [0.15, 0.2) is 48.5 Å². The van der Waals surface area contributed by atoms with Crippen LogP contribution in [0.25, 0.3) is 0 Å². The molecule has 4 amide bonds. The zero-order valence-corrected chi connectivity index (χ0v) is 16.0. The van der Waals surface area contributed by atoms with Gasteiger partial charge in [0.1, 0.15) is 5.75 Å². The van der Waals surface area contributed by atoms with Gasteiger partial charge >= 0.3 is 6.03 Å². The van der Waals surface area contributed by atoms with Crippen LogP contribution in [0.2, 0.25) is 0 Å². The highest BCUT2D eigenvalue weighted by molar-refractivity contribution is 6.09. The van der Waals surface area contributed by atoms with Gasteiger partial charge in [0.2, 0.25) is 5.91 Å². The number of amides is 4. The molecule has 1 atom stereocenters. The van der Waals surface area contributed by atoms with Crippen molar-refractivity contribution in [1.29, 1.82) is 0 Å². The molecule has 2 aliphatic heterocycles. The Kier molecular flexibility index (Phi) is 5.20. The number of aromatic hydroxyl groups is 1. The predicted octanol–water partition coefficient (Wildman–Crippen LogP) is 2.54. The second-order valence-electron chi connectivity index (χ2n) is 7.55. The number of carbonyl (C=O) groups excluding carboxylic acids is 3. The second-order valence-corrected chi connectivity index (χ2v) is 7.55. The number of para-hydroxylation sites is 1. The number of urea groups is 1.